The highest BCUT2D eigenvalue weighted by Crippen LogP contribution is 2.25. The molecule has 0 fully saturated rings. The maximum absolute atomic E-state index is 13.0. The molecule has 1 aliphatic carbocycles. The maximum Gasteiger partial charge on any atom is 0.253 e. The number of nitrogens with one attached hydrogen (secondary N) is 3. The molecule has 0 saturated heterocycles. The van der Waals surface area contributed by atoms with Crippen molar-refractivity contribution in [2.75, 3.05) is 18.4 Å². The fourth-order valence-electron chi connectivity index (χ4n) is 4.69. The van der Waals surface area contributed by atoms with Crippen LogP contribution in [0.25, 0.3) is 0 Å². The zero-order valence-electron chi connectivity index (χ0n) is 23.1. The van der Waals surface area contributed by atoms with Crippen LogP contribution in [0.5, 0.6) is 0 Å². The molecule has 0 aliphatic heterocycles. The van der Waals surface area contributed by atoms with Gasteiger partial charge in [-0.1, -0.05) is 47.5 Å². The lowest BCUT2D eigenvalue weighted by molar-refractivity contribution is -0.0423. The van der Waals surface area contributed by atoms with Gasteiger partial charge in [0.2, 0.25) is 0 Å². The first-order valence-electron chi connectivity index (χ1n) is 13.6. The number of hydrogen-bond acceptors (Lipinski definition) is 7. The van der Waals surface area contributed by atoms with Crippen molar-refractivity contribution in [1.29, 1.82) is 5.41 Å². The van der Waals surface area contributed by atoms with Crippen molar-refractivity contribution in [2.24, 2.45) is 0 Å². The van der Waals surface area contributed by atoms with E-state index in [-0.39, 0.29) is 30.1 Å². The molecule has 42 heavy (non-hydrogen) atoms. The molecular weight excluding hydrogens is 554 g/mol. The van der Waals surface area contributed by atoms with Gasteiger partial charge >= 0.3 is 0 Å². The maximum atomic E-state index is 13.0. The van der Waals surface area contributed by atoms with Crippen LogP contribution in [0, 0.1) is 5.41 Å². The monoisotopic (exact) mass is 587 g/mol. The van der Waals surface area contributed by atoms with Crippen LogP contribution in [-0.2, 0) is 13.0 Å². The summed E-state index contributed by atoms with van der Waals surface area (Å²) in [4.78, 5) is 29.3. The molecule has 1 aromatic carbocycles. The number of aromatic nitrogens is 2. The molecule has 2 heterocycles. The van der Waals surface area contributed by atoms with Gasteiger partial charge in [-0.2, -0.15) is 0 Å². The Bertz CT molecular complexity index is 1590. The number of hydrogen-bond donors (Lipinski definition) is 5. The van der Waals surface area contributed by atoms with E-state index in [4.69, 9.17) is 27.2 Å². The summed E-state index contributed by atoms with van der Waals surface area (Å²) in [5.41, 5.74) is 5.75. The Morgan fingerprint density at radius 1 is 1.12 bits per heavy atom. The molecule has 0 radical (unpaired) electrons. The number of halogens is 1. The lowest BCUT2D eigenvalue weighted by Gasteiger charge is -2.15. The van der Waals surface area contributed by atoms with Crippen LogP contribution in [0.2, 0.25) is 5.02 Å². The number of anilines is 1. The average molecular weight is 588 g/mol. The number of carbonyl (C=O) groups excluding carboxylic acids is 1. The molecule has 0 unspecified atom stereocenters. The summed E-state index contributed by atoms with van der Waals surface area (Å²) in [6.07, 6.45) is 9.81. The minimum absolute atomic E-state index is 0.0379. The van der Waals surface area contributed by atoms with Crippen molar-refractivity contribution in [3.8, 4) is 0 Å². The summed E-state index contributed by atoms with van der Waals surface area (Å²) in [5, 5.41) is 33.0. The van der Waals surface area contributed by atoms with Gasteiger partial charge in [0.05, 0.1) is 17.8 Å². The molecule has 3 aromatic rings. The van der Waals surface area contributed by atoms with Gasteiger partial charge in [-0.3, -0.25) is 14.6 Å². The quantitative estimate of drug-likeness (QED) is 0.122. The molecule has 0 atom stereocenters. The summed E-state index contributed by atoms with van der Waals surface area (Å²) in [6.45, 7) is 4.98. The van der Waals surface area contributed by atoms with Crippen molar-refractivity contribution in [1.82, 2.24) is 14.9 Å². The highest BCUT2D eigenvalue weighted by Gasteiger charge is 2.14. The van der Waals surface area contributed by atoms with E-state index in [1.165, 1.54) is 6.20 Å². The number of carbonyl (C=O) groups is 1. The Labute approximate surface area is 249 Å². The van der Waals surface area contributed by atoms with E-state index < -0.39 is 6.29 Å². The van der Waals surface area contributed by atoms with E-state index in [9.17, 15) is 9.59 Å². The number of pyridine rings is 2. The SMILES string of the molecule is C=C1CC(Cc2cncc(C(=O)NCC(=N)c3cc(Cl)ccc3NCCC(O)O)c2)=CC=C(Cn2ccccc2=O)C1. The number of benzene rings is 1. The number of aliphatic hydroxyl groups is 2. The summed E-state index contributed by atoms with van der Waals surface area (Å²) in [7, 11) is 0. The van der Waals surface area contributed by atoms with Gasteiger partial charge in [0.15, 0.2) is 6.29 Å². The normalized spacial score (nSPS) is 13.3. The third kappa shape index (κ3) is 8.84. The number of nitrogens with zero attached hydrogens (tertiary/aromatic N) is 2. The minimum atomic E-state index is -1.44. The Kier molecular flexibility index (Phi) is 10.6. The predicted octanol–water partition coefficient (Wildman–Crippen LogP) is 4.25. The zero-order chi connectivity index (χ0) is 30.1. The highest BCUT2D eigenvalue weighted by atomic mass is 35.5. The van der Waals surface area contributed by atoms with Gasteiger partial charge in [0, 0.05) is 60.4 Å². The van der Waals surface area contributed by atoms with Crippen LogP contribution < -0.4 is 16.2 Å². The van der Waals surface area contributed by atoms with E-state index in [1.54, 1.807) is 53.4 Å². The number of aliphatic hydroxyl groups excluding tert-OH is 1. The fourth-order valence-corrected chi connectivity index (χ4v) is 4.86. The molecule has 1 aliphatic rings. The Morgan fingerprint density at radius 3 is 2.69 bits per heavy atom. The standard InChI is InChI=1S/C32H34ClN5O4/c1-21-12-22(5-6-23(13-21)20-38-11-3-2-4-30(38)39)14-24-15-25(18-35-17-24)32(42)37-19-28(34)27-16-26(33)7-8-29(27)36-10-9-31(40)41/h2-8,11,15-18,31,34,36,40-41H,1,9-10,12-14,19-20H2,(H,37,42). The van der Waals surface area contributed by atoms with Gasteiger partial charge < -0.3 is 30.8 Å². The first kappa shape index (κ1) is 30.6. The lowest BCUT2D eigenvalue weighted by atomic mass is 9.98. The third-order valence-corrected chi connectivity index (χ3v) is 6.96. The second-order valence-electron chi connectivity index (χ2n) is 10.2. The number of rotatable bonds is 12. The molecule has 5 N–H and O–H groups in total. The largest absolute Gasteiger partial charge is 0.384 e. The molecule has 0 spiro atoms. The molecule has 0 saturated carbocycles. The zero-order valence-corrected chi connectivity index (χ0v) is 23.9. The fraction of sp³-hybridized carbons (Fsp3) is 0.250. The van der Waals surface area contributed by atoms with Crippen molar-refractivity contribution in [3.05, 3.63) is 129 Å². The van der Waals surface area contributed by atoms with E-state index in [0.29, 0.717) is 54.2 Å². The molecule has 9 nitrogen and oxygen atoms in total. The second-order valence-corrected chi connectivity index (χ2v) is 10.7. The van der Waals surface area contributed by atoms with Gasteiger partial charge in [-0.05, 0) is 60.7 Å². The summed E-state index contributed by atoms with van der Waals surface area (Å²) < 4.78 is 1.68. The highest BCUT2D eigenvalue weighted by molar-refractivity contribution is 6.31. The van der Waals surface area contributed by atoms with E-state index in [2.05, 4.69) is 28.3 Å². The molecule has 1 amide bonds. The van der Waals surface area contributed by atoms with Gasteiger partial charge in [-0.25, -0.2) is 0 Å². The van der Waals surface area contributed by atoms with E-state index in [0.717, 1.165) is 22.3 Å². The number of amides is 1. The van der Waals surface area contributed by atoms with Crippen LogP contribution >= 0.6 is 11.6 Å². The van der Waals surface area contributed by atoms with Gasteiger partial charge in [0.1, 0.15) is 0 Å². The predicted molar refractivity (Wildman–Crippen MR) is 165 cm³/mol. The molecule has 10 heteroatoms. The molecule has 218 valence electrons. The van der Waals surface area contributed by atoms with Crippen LogP contribution in [0.15, 0.2) is 101 Å². The minimum Gasteiger partial charge on any atom is -0.384 e. The van der Waals surface area contributed by atoms with Crippen LogP contribution in [0.1, 0.15) is 40.7 Å². The Hall–Kier alpha value is -4.31. The van der Waals surface area contributed by atoms with Crippen molar-refractivity contribution >= 4 is 28.9 Å². The molecule has 0 bridgehead atoms. The lowest BCUT2D eigenvalue weighted by Crippen LogP contribution is -2.30. The van der Waals surface area contributed by atoms with Crippen LogP contribution in [-0.4, -0.2) is 50.8 Å². The summed E-state index contributed by atoms with van der Waals surface area (Å²) in [5.74, 6) is -0.358. The van der Waals surface area contributed by atoms with Crippen molar-refractivity contribution in [2.45, 2.75) is 38.5 Å². The average Bonchev–Trinajstić information content (AvgIpc) is 3.13. The first-order chi connectivity index (χ1) is 20.2. The van der Waals surface area contributed by atoms with Crippen LogP contribution in [0.3, 0.4) is 0 Å². The van der Waals surface area contributed by atoms with Crippen molar-refractivity contribution < 1.29 is 15.0 Å². The van der Waals surface area contributed by atoms with Crippen molar-refractivity contribution in [3.63, 3.8) is 0 Å². The van der Waals surface area contributed by atoms with E-state index in [1.807, 2.05) is 12.1 Å². The molecule has 2 aromatic heterocycles. The topological polar surface area (TPSA) is 140 Å². The van der Waals surface area contributed by atoms with E-state index >= 15 is 0 Å². The van der Waals surface area contributed by atoms with Gasteiger partial charge in [-0.15, -0.1) is 0 Å². The van der Waals surface area contributed by atoms with Crippen LogP contribution in [0.4, 0.5) is 5.69 Å². The second kappa shape index (κ2) is 14.5. The summed E-state index contributed by atoms with van der Waals surface area (Å²) >= 11 is 6.14. The smallest absolute Gasteiger partial charge is 0.253 e. The Morgan fingerprint density at radius 2 is 1.90 bits per heavy atom. The summed E-state index contributed by atoms with van der Waals surface area (Å²) in [6, 6.07) is 11.9. The Balaban J connectivity index is 1.39. The number of allylic oxidation sites excluding steroid dienone is 5. The molecular formula is C32H34ClN5O4. The first-order valence-corrected chi connectivity index (χ1v) is 13.9. The van der Waals surface area contributed by atoms with Gasteiger partial charge in [0.25, 0.3) is 11.5 Å². The molecule has 4 rings (SSSR count). The third-order valence-electron chi connectivity index (χ3n) is 6.72.